The van der Waals surface area contributed by atoms with Crippen molar-refractivity contribution in [1.82, 2.24) is 15.1 Å². The number of hydrogen-bond donors (Lipinski definition) is 1. The van der Waals surface area contributed by atoms with Crippen molar-refractivity contribution in [3.63, 3.8) is 0 Å². The van der Waals surface area contributed by atoms with E-state index in [-0.39, 0.29) is 24.1 Å². The average Bonchev–Trinajstić information content (AvgIpc) is 2.59. The van der Waals surface area contributed by atoms with Crippen molar-refractivity contribution in [2.75, 3.05) is 0 Å². The van der Waals surface area contributed by atoms with Crippen LogP contribution in [0.1, 0.15) is 29.8 Å². The van der Waals surface area contributed by atoms with Gasteiger partial charge in [-0.1, -0.05) is 42.5 Å². The van der Waals surface area contributed by atoms with E-state index in [1.165, 1.54) is 4.68 Å². The molecule has 1 unspecified atom stereocenters. The number of rotatable bonds is 4. The first-order valence-electron chi connectivity index (χ1n) is 8.28. The molecule has 0 spiro atoms. The van der Waals surface area contributed by atoms with Crippen LogP contribution >= 0.6 is 0 Å². The molecule has 3 aromatic rings. The van der Waals surface area contributed by atoms with Crippen LogP contribution < -0.4 is 10.9 Å². The molecule has 5 heteroatoms. The van der Waals surface area contributed by atoms with Crippen LogP contribution in [0.15, 0.2) is 53.3 Å². The highest BCUT2D eigenvalue weighted by atomic mass is 16.2. The highest BCUT2D eigenvalue weighted by Crippen LogP contribution is 2.16. The van der Waals surface area contributed by atoms with Crippen molar-refractivity contribution in [2.24, 2.45) is 0 Å². The molecule has 0 radical (unpaired) electrons. The fraction of sp³-hybridized carbons (Fsp3) is 0.250. The van der Waals surface area contributed by atoms with Gasteiger partial charge >= 0.3 is 0 Å². The number of hydrogen-bond acceptors (Lipinski definition) is 3. The molecule has 0 saturated carbocycles. The summed E-state index contributed by atoms with van der Waals surface area (Å²) in [6, 6.07) is 15.1. The fourth-order valence-corrected chi connectivity index (χ4v) is 3.09. The van der Waals surface area contributed by atoms with E-state index in [0.29, 0.717) is 5.39 Å². The minimum Gasteiger partial charge on any atom is -0.348 e. The molecule has 0 fully saturated rings. The number of benzene rings is 2. The van der Waals surface area contributed by atoms with Gasteiger partial charge in [0.05, 0.1) is 17.1 Å². The van der Waals surface area contributed by atoms with Crippen LogP contribution in [0.5, 0.6) is 0 Å². The van der Waals surface area contributed by atoms with Gasteiger partial charge in [0, 0.05) is 5.39 Å². The van der Waals surface area contributed by atoms with Gasteiger partial charge in [0.1, 0.15) is 6.54 Å². The number of nitrogens with one attached hydrogen (secondary N) is 1. The lowest BCUT2D eigenvalue weighted by Gasteiger charge is -2.17. The topological polar surface area (TPSA) is 64.0 Å². The van der Waals surface area contributed by atoms with Gasteiger partial charge in [-0.15, -0.1) is 0 Å². The molecule has 1 amide bonds. The van der Waals surface area contributed by atoms with Crippen molar-refractivity contribution < 1.29 is 4.79 Å². The van der Waals surface area contributed by atoms with Crippen LogP contribution in [0.25, 0.3) is 10.8 Å². The Morgan fingerprint density at radius 3 is 2.44 bits per heavy atom. The van der Waals surface area contributed by atoms with Crippen molar-refractivity contribution in [2.45, 2.75) is 33.4 Å². The summed E-state index contributed by atoms with van der Waals surface area (Å²) in [5.74, 6) is -0.236. The van der Waals surface area contributed by atoms with Crippen molar-refractivity contribution in [3.05, 3.63) is 75.7 Å². The number of amides is 1. The zero-order chi connectivity index (χ0) is 18.0. The van der Waals surface area contributed by atoms with Crippen LogP contribution in [-0.4, -0.2) is 15.7 Å². The molecule has 0 aliphatic heterocycles. The van der Waals surface area contributed by atoms with Gasteiger partial charge in [0.25, 0.3) is 5.56 Å². The Balaban J connectivity index is 1.82. The van der Waals surface area contributed by atoms with E-state index in [4.69, 9.17) is 0 Å². The van der Waals surface area contributed by atoms with E-state index in [1.807, 2.05) is 63.2 Å². The van der Waals surface area contributed by atoms with Gasteiger partial charge in [-0.25, -0.2) is 4.68 Å². The average molecular weight is 335 g/mol. The maximum Gasteiger partial charge on any atom is 0.275 e. The lowest BCUT2D eigenvalue weighted by Crippen LogP contribution is -2.35. The Kier molecular flexibility index (Phi) is 4.65. The maximum atomic E-state index is 12.5. The zero-order valence-electron chi connectivity index (χ0n) is 14.6. The zero-order valence-corrected chi connectivity index (χ0v) is 14.6. The Morgan fingerprint density at radius 1 is 1.08 bits per heavy atom. The van der Waals surface area contributed by atoms with E-state index in [2.05, 4.69) is 10.4 Å². The van der Waals surface area contributed by atoms with Crippen molar-refractivity contribution in [3.8, 4) is 0 Å². The first kappa shape index (κ1) is 16.9. The van der Waals surface area contributed by atoms with Gasteiger partial charge in [0.15, 0.2) is 0 Å². The van der Waals surface area contributed by atoms with Crippen LogP contribution in [0, 0.1) is 13.8 Å². The third kappa shape index (κ3) is 3.45. The molecule has 0 saturated heterocycles. The monoisotopic (exact) mass is 335 g/mol. The molecule has 5 nitrogen and oxygen atoms in total. The molecule has 0 aliphatic rings. The minimum absolute atomic E-state index is 0.0965. The van der Waals surface area contributed by atoms with Crippen LogP contribution in [0.4, 0.5) is 0 Å². The molecule has 25 heavy (non-hydrogen) atoms. The standard InChI is InChI=1S/C20H21N3O2/c1-13-8-4-5-9-16(13)14(2)21-19(24)12-23-20(25)18-11-7-6-10-17(18)15(3)22-23/h4-11,14H,12H2,1-3H3,(H,21,24). The molecule has 1 N–H and O–H groups in total. The summed E-state index contributed by atoms with van der Waals surface area (Å²) >= 11 is 0. The SMILES string of the molecule is Cc1ccccc1C(C)NC(=O)Cn1nc(C)c2ccccc2c1=O. The van der Waals surface area contributed by atoms with Crippen LogP contribution in [0.3, 0.4) is 0 Å². The Hall–Kier alpha value is -2.95. The molecular formula is C20H21N3O2. The summed E-state index contributed by atoms with van der Waals surface area (Å²) < 4.78 is 1.23. The normalized spacial score (nSPS) is 12.1. The lowest BCUT2D eigenvalue weighted by atomic mass is 10.0. The molecule has 1 heterocycles. The van der Waals surface area contributed by atoms with Gasteiger partial charge in [0.2, 0.25) is 5.91 Å². The molecule has 1 aromatic heterocycles. The lowest BCUT2D eigenvalue weighted by molar-refractivity contribution is -0.122. The molecule has 0 aliphatic carbocycles. The number of carbonyl (C=O) groups excluding carboxylic acids is 1. The molecule has 2 aromatic carbocycles. The summed E-state index contributed by atoms with van der Waals surface area (Å²) in [5, 5.41) is 8.62. The molecule has 128 valence electrons. The highest BCUT2D eigenvalue weighted by Gasteiger charge is 2.14. The van der Waals surface area contributed by atoms with E-state index >= 15 is 0 Å². The molecule has 1 atom stereocenters. The number of aryl methyl sites for hydroxylation is 2. The maximum absolute atomic E-state index is 12.5. The molecule has 0 bridgehead atoms. The number of nitrogens with zero attached hydrogens (tertiary/aromatic N) is 2. The second-order valence-electron chi connectivity index (χ2n) is 6.24. The number of aromatic nitrogens is 2. The second-order valence-corrected chi connectivity index (χ2v) is 6.24. The second kappa shape index (κ2) is 6.89. The fourth-order valence-electron chi connectivity index (χ4n) is 3.09. The largest absolute Gasteiger partial charge is 0.348 e. The van der Waals surface area contributed by atoms with E-state index in [9.17, 15) is 9.59 Å². The Morgan fingerprint density at radius 2 is 1.72 bits per heavy atom. The summed E-state index contributed by atoms with van der Waals surface area (Å²) in [4.78, 5) is 24.9. The summed E-state index contributed by atoms with van der Waals surface area (Å²) in [6.07, 6.45) is 0. The number of fused-ring (bicyclic) bond motifs is 1. The van der Waals surface area contributed by atoms with Gasteiger partial charge in [-0.05, 0) is 38.0 Å². The van der Waals surface area contributed by atoms with Crippen molar-refractivity contribution >= 4 is 16.7 Å². The van der Waals surface area contributed by atoms with Gasteiger partial charge < -0.3 is 5.32 Å². The Bertz CT molecular complexity index is 992. The summed E-state index contributed by atoms with van der Waals surface area (Å²) in [7, 11) is 0. The Labute approximate surface area is 146 Å². The minimum atomic E-state index is -0.250. The first-order chi connectivity index (χ1) is 12.0. The third-order valence-corrected chi connectivity index (χ3v) is 4.38. The molecular weight excluding hydrogens is 314 g/mol. The predicted molar refractivity (Wildman–Crippen MR) is 98.5 cm³/mol. The molecule has 3 rings (SSSR count). The van der Waals surface area contributed by atoms with E-state index < -0.39 is 0 Å². The van der Waals surface area contributed by atoms with Crippen LogP contribution in [-0.2, 0) is 11.3 Å². The highest BCUT2D eigenvalue weighted by molar-refractivity contribution is 5.83. The third-order valence-electron chi connectivity index (χ3n) is 4.38. The van der Waals surface area contributed by atoms with Crippen molar-refractivity contribution in [1.29, 1.82) is 0 Å². The predicted octanol–water partition coefficient (Wildman–Crippen LogP) is 2.89. The smallest absolute Gasteiger partial charge is 0.275 e. The number of carbonyl (C=O) groups is 1. The first-order valence-corrected chi connectivity index (χ1v) is 8.28. The van der Waals surface area contributed by atoms with Gasteiger partial charge in [-0.2, -0.15) is 5.10 Å². The van der Waals surface area contributed by atoms with E-state index in [1.54, 1.807) is 6.07 Å². The van der Waals surface area contributed by atoms with Gasteiger partial charge in [-0.3, -0.25) is 9.59 Å². The van der Waals surface area contributed by atoms with Crippen LogP contribution in [0.2, 0.25) is 0 Å². The quantitative estimate of drug-likeness (QED) is 0.797. The van der Waals surface area contributed by atoms with E-state index in [0.717, 1.165) is 22.2 Å². The summed E-state index contributed by atoms with van der Waals surface area (Å²) in [6.45, 7) is 5.69. The summed E-state index contributed by atoms with van der Waals surface area (Å²) in [5.41, 5.74) is 2.66.